The second-order valence-corrected chi connectivity index (χ2v) is 4.45. The third-order valence-electron chi connectivity index (χ3n) is 2.99. The summed E-state index contributed by atoms with van der Waals surface area (Å²) >= 11 is 0. The lowest BCUT2D eigenvalue weighted by Crippen LogP contribution is -2.04. The van der Waals surface area contributed by atoms with E-state index in [9.17, 15) is 14.9 Å². The minimum atomic E-state index is -1.41. The van der Waals surface area contributed by atoms with Gasteiger partial charge in [0.05, 0.1) is 4.92 Å². The summed E-state index contributed by atoms with van der Waals surface area (Å²) in [7, 11) is 0. The number of ether oxygens (including phenoxy) is 1. The van der Waals surface area contributed by atoms with Gasteiger partial charge < -0.3 is 9.84 Å². The molecular formula is C14H12N2O5. The Morgan fingerprint density at radius 1 is 1.29 bits per heavy atom. The van der Waals surface area contributed by atoms with Gasteiger partial charge in [-0.1, -0.05) is 6.07 Å². The Morgan fingerprint density at radius 3 is 2.57 bits per heavy atom. The molecule has 0 aliphatic heterocycles. The Morgan fingerprint density at radius 2 is 2.00 bits per heavy atom. The monoisotopic (exact) mass is 288 g/mol. The van der Waals surface area contributed by atoms with Gasteiger partial charge in [-0.2, -0.15) is 0 Å². The topological polar surface area (TPSA) is 103 Å². The molecule has 7 heteroatoms. The summed E-state index contributed by atoms with van der Waals surface area (Å²) in [6.45, 7) is 3.86. The normalized spacial score (nSPS) is 10.2. The smallest absolute Gasteiger partial charge is 0.342 e. The lowest BCUT2D eigenvalue weighted by atomic mass is 10.1. The van der Waals surface area contributed by atoms with E-state index in [0.717, 1.165) is 23.4 Å². The molecule has 1 heterocycles. The lowest BCUT2D eigenvalue weighted by molar-refractivity contribution is -0.385. The highest BCUT2D eigenvalue weighted by Gasteiger charge is 2.21. The molecule has 2 rings (SSSR count). The van der Waals surface area contributed by atoms with E-state index in [1.54, 1.807) is 12.1 Å². The molecule has 7 nitrogen and oxygen atoms in total. The van der Waals surface area contributed by atoms with Crippen molar-refractivity contribution in [3.63, 3.8) is 0 Å². The van der Waals surface area contributed by atoms with E-state index in [2.05, 4.69) is 4.98 Å². The first-order valence-electron chi connectivity index (χ1n) is 6.01. The molecule has 0 amide bonds. The maximum atomic E-state index is 11.0. The Bertz CT molecular complexity index is 727. The third kappa shape index (κ3) is 3.14. The van der Waals surface area contributed by atoms with Gasteiger partial charge in [0.2, 0.25) is 5.88 Å². The number of carboxylic acid groups (broad SMARTS) is 1. The summed E-state index contributed by atoms with van der Waals surface area (Å²) < 4.78 is 5.44. The maximum absolute atomic E-state index is 11.0. The van der Waals surface area contributed by atoms with E-state index in [4.69, 9.17) is 9.84 Å². The van der Waals surface area contributed by atoms with Crippen molar-refractivity contribution in [1.82, 2.24) is 4.98 Å². The summed E-state index contributed by atoms with van der Waals surface area (Å²) in [4.78, 5) is 24.7. The molecule has 1 aromatic heterocycles. The van der Waals surface area contributed by atoms with Gasteiger partial charge in [0.15, 0.2) is 0 Å². The fourth-order valence-electron chi connectivity index (χ4n) is 1.70. The van der Waals surface area contributed by atoms with Crippen LogP contribution in [-0.4, -0.2) is 21.0 Å². The first-order valence-corrected chi connectivity index (χ1v) is 6.01. The molecule has 108 valence electrons. The zero-order valence-corrected chi connectivity index (χ0v) is 11.4. The zero-order chi connectivity index (χ0) is 15.6. The number of carboxylic acids is 1. The van der Waals surface area contributed by atoms with E-state index in [0.29, 0.717) is 5.75 Å². The van der Waals surface area contributed by atoms with Crippen molar-refractivity contribution >= 4 is 11.7 Å². The van der Waals surface area contributed by atoms with Gasteiger partial charge in [0.1, 0.15) is 17.5 Å². The van der Waals surface area contributed by atoms with Crippen LogP contribution in [0.2, 0.25) is 0 Å². The number of nitrogens with zero attached hydrogens (tertiary/aromatic N) is 2. The molecule has 1 N–H and O–H groups in total. The first kappa shape index (κ1) is 14.4. The Labute approximate surface area is 120 Å². The molecule has 0 fully saturated rings. The number of aryl methyl sites for hydroxylation is 2. The third-order valence-corrected chi connectivity index (χ3v) is 2.99. The molecule has 0 atom stereocenters. The highest BCUT2D eigenvalue weighted by atomic mass is 16.6. The van der Waals surface area contributed by atoms with Crippen molar-refractivity contribution < 1.29 is 19.6 Å². The Balaban J connectivity index is 2.36. The molecule has 1 aromatic carbocycles. The molecule has 0 spiro atoms. The van der Waals surface area contributed by atoms with Crippen molar-refractivity contribution in [2.75, 3.05) is 0 Å². The number of hydrogen-bond acceptors (Lipinski definition) is 5. The van der Waals surface area contributed by atoms with Crippen LogP contribution < -0.4 is 4.74 Å². The second-order valence-electron chi connectivity index (χ2n) is 4.45. The first-order chi connectivity index (χ1) is 9.88. The molecule has 0 aliphatic rings. The average Bonchev–Trinajstić information content (AvgIpc) is 2.42. The van der Waals surface area contributed by atoms with Crippen LogP contribution >= 0.6 is 0 Å². The predicted molar refractivity (Wildman–Crippen MR) is 73.8 cm³/mol. The van der Waals surface area contributed by atoms with Crippen molar-refractivity contribution in [2.45, 2.75) is 13.8 Å². The van der Waals surface area contributed by atoms with Crippen LogP contribution in [0.25, 0.3) is 0 Å². The van der Waals surface area contributed by atoms with Crippen molar-refractivity contribution in [3.8, 4) is 11.6 Å². The fourth-order valence-corrected chi connectivity index (χ4v) is 1.70. The second kappa shape index (κ2) is 5.58. The van der Waals surface area contributed by atoms with Crippen molar-refractivity contribution in [3.05, 3.63) is 57.3 Å². The standard InChI is InChI=1S/C14H12N2O5/c1-8-3-4-10(5-9(8)2)21-13-6-11(14(17)18)12(7-15-13)16(19)20/h3-7H,1-2H3,(H,17,18). The highest BCUT2D eigenvalue weighted by molar-refractivity contribution is 5.92. The number of nitro groups is 1. The van der Waals surface area contributed by atoms with E-state index >= 15 is 0 Å². The summed E-state index contributed by atoms with van der Waals surface area (Å²) in [6.07, 6.45) is 0.875. The summed E-state index contributed by atoms with van der Waals surface area (Å²) in [5, 5.41) is 19.7. The van der Waals surface area contributed by atoms with Crippen molar-refractivity contribution in [2.24, 2.45) is 0 Å². The van der Waals surface area contributed by atoms with Crippen LogP contribution in [0, 0.1) is 24.0 Å². The number of carbonyl (C=O) groups is 1. The number of pyridine rings is 1. The number of hydrogen-bond donors (Lipinski definition) is 1. The molecular weight excluding hydrogens is 276 g/mol. The van der Waals surface area contributed by atoms with Gasteiger partial charge in [-0.25, -0.2) is 9.78 Å². The maximum Gasteiger partial charge on any atom is 0.342 e. The lowest BCUT2D eigenvalue weighted by Gasteiger charge is -2.07. The predicted octanol–water partition coefficient (Wildman–Crippen LogP) is 3.10. The largest absolute Gasteiger partial charge is 0.477 e. The van der Waals surface area contributed by atoms with Gasteiger partial charge >= 0.3 is 11.7 Å². The average molecular weight is 288 g/mol. The van der Waals surface area contributed by atoms with Gasteiger partial charge in [-0.3, -0.25) is 10.1 Å². The molecule has 0 unspecified atom stereocenters. The molecule has 0 radical (unpaired) electrons. The molecule has 0 saturated heterocycles. The van der Waals surface area contributed by atoms with Gasteiger partial charge in [-0.05, 0) is 37.1 Å². The Hall–Kier alpha value is -2.96. The molecule has 0 aliphatic carbocycles. The van der Waals surface area contributed by atoms with Gasteiger partial charge in [-0.15, -0.1) is 0 Å². The van der Waals surface area contributed by atoms with Crippen LogP contribution in [0.5, 0.6) is 11.6 Å². The quantitative estimate of drug-likeness (QED) is 0.685. The summed E-state index contributed by atoms with van der Waals surface area (Å²) in [6, 6.07) is 6.38. The van der Waals surface area contributed by atoms with Crippen LogP contribution in [-0.2, 0) is 0 Å². The number of benzene rings is 1. The number of aromatic nitrogens is 1. The van der Waals surface area contributed by atoms with E-state index in [-0.39, 0.29) is 5.88 Å². The molecule has 0 bridgehead atoms. The van der Waals surface area contributed by atoms with Crippen LogP contribution in [0.4, 0.5) is 5.69 Å². The van der Waals surface area contributed by atoms with E-state index in [1.807, 2.05) is 19.9 Å². The summed E-state index contributed by atoms with van der Waals surface area (Å²) in [5.74, 6) is -0.939. The van der Waals surface area contributed by atoms with E-state index < -0.39 is 22.1 Å². The fraction of sp³-hybridized carbons (Fsp3) is 0.143. The zero-order valence-electron chi connectivity index (χ0n) is 11.4. The molecule has 0 saturated carbocycles. The minimum Gasteiger partial charge on any atom is -0.477 e. The molecule has 21 heavy (non-hydrogen) atoms. The van der Waals surface area contributed by atoms with E-state index in [1.165, 1.54) is 0 Å². The molecule has 2 aromatic rings. The van der Waals surface area contributed by atoms with Crippen LogP contribution in [0.3, 0.4) is 0 Å². The van der Waals surface area contributed by atoms with Gasteiger partial charge in [0, 0.05) is 6.07 Å². The van der Waals surface area contributed by atoms with Crippen molar-refractivity contribution in [1.29, 1.82) is 0 Å². The van der Waals surface area contributed by atoms with Crippen LogP contribution in [0.1, 0.15) is 21.5 Å². The minimum absolute atomic E-state index is 0.0127. The van der Waals surface area contributed by atoms with Crippen LogP contribution in [0.15, 0.2) is 30.5 Å². The number of rotatable bonds is 4. The number of aromatic carboxylic acids is 1. The Kier molecular flexibility index (Phi) is 3.84. The highest BCUT2D eigenvalue weighted by Crippen LogP contribution is 2.26. The SMILES string of the molecule is Cc1ccc(Oc2cc(C(=O)O)c([N+](=O)[O-])cn2)cc1C. The van der Waals surface area contributed by atoms with Gasteiger partial charge in [0.25, 0.3) is 0 Å². The summed E-state index contributed by atoms with van der Waals surface area (Å²) in [5.41, 5.74) is 1.06.